The third kappa shape index (κ3) is 3.13. The molecule has 2 atom stereocenters. The fourth-order valence-electron chi connectivity index (χ4n) is 3.62. The standard InChI is InChI=1S/C17H23N3O2/c21-16-14-7-4-8-15(14)20(11-3-1-2-10-19-16)17(22)13-6-5-9-18-12-13/h5-6,9,12,14-15H,1-4,7-8,10-11H2,(H,19,21)/t14-,15+/m1/s1. The number of hydrogen-bond acceptors (Lipinski definition) is 3. The summed E-state index contributed by atoms with van der Waals surface area (Å²) in [7, 11) is 0. The zero-order valence-electron chi connectivity index (χ0n) is 12.8. The number of carbonyl (C=O) groups excluding carboxylic acids is 2. The van der Waals surface area contributed by atoms with Crippen molar-refractivity contribution < 1.29 is 9.59 Å². The lowest BCUT2D eigenvalue weighted by Gasteiger charge is -2.33. The maximum atomic E-state index is 12.9. The summed E-state index contributed by atoms with van der Waals surface area (Å²) in [6.45, 7) is 1.50. The summed E-state index contributed by atoms with van der Waals surface area (Å²) < 4.78 is 0. The van der Waals surface area contributed by atoms with Gasteiger partial charge in [0.1, 0.15) is 0 Å². The molecule has 0 bridgehead atoms. The van der Waals surface area contributed by atoms with Gasteiger partial charge in [0.05, 0.1) is 11.5 Å². The number of aromatic nitrogens is 1. The summed E-state index contributed by atoms with van der Waals surface area (Å²) >= 11 is 0. The molecule has 2 aliphatic rings. The van der Waals surface area contributed by atoms with Gasteiger partial charge in [0.25, 0.3) is 5.91 Å². The normalized spacial score (nSPS) is 26.2. The van der Waals surface area contributed by atoms with Crippen LogP contribution >= 0.6 is 0 Å². The first-order valence-electron chi connectivity index (χ1n) is 8.26. The summed E-state index contributed by atoms with van der Waals surface area (Å²) in [5.74, 6) is 0.0745. The van der Waals surface area contributed by atoms with Crippen molar-refractivity contribution in [3.05, 3.63) is 30.1 Å². The molecule has 0 unspecified atom stereocenters. The third-order valence-electron chi connectivity index (χ3n) is 4.76. The van der Waals surface area contributed by atoms with Crippen LogP contribution in [0.15, 0.2) is 24.5 Å². The molecule has 1 saturated heterocycles. The maximum Gasteiger partial charge on any atom is 0.255 e. The number of rotatable bonds is 1. The van der Waals surface area contributed by atoms with Crippen molar-refractivity contribution in [2.24, 2.45) is 5.92 Å². The highest BCUT2D eigenvalue weighted by molar-refractivity contribution is 5.94. The van der Waals surface area contributed by atoms with Gasteiger partial charge in [0, 0.05) is 31.5 Å². The Balaban J connectivity index is 1.85. The van der Waals surface area contributed by atoms with Crippen molar-refractivity contribution >= 4 is 11.8 Å². The van der Waals surface area contributed by atoms with Gasteiger partial charge in [0.15, 0.2) is 0 Å². The van der Waals surface area contributed by atoms with E-state index in [1.807, 2.05) is 4.90 Å². The van der Waals surface area contributed by atoms with Gasteiger partial charge in [-0.15, -0.1) is 0 Å². The zero-order chi connectivity index (χ0) is 15.4. The monoisotopic (exact) mass is 301 g/mol. The largest absolute Gasteiger partial charge is 0.356 e. The summed E-state index contributed by atoms with van der Waals surface area (Å²) in [5.41, 5.74) is 0.616. The lowest BCUT2D eigenvalue weighted by Crippen LogP contribution is -2.48. The molecule has 0 aromatic carbocycles. The molecule has 1 aliphatic carbocycles. The number of pyridine rings is 1. The molecular formula is C17H23N3O2. The SMILES string of the molecule is O=C1NCCCCCN(C(=O)c2cccnc2)[C@H]2CCC[C@@H]12. The van der Waals surface area contributed by atoms with Crippen LogP contribution in [0.25, 0.3) is 0 Å². The average Bonchev–Trinajstić information content (AvgIpc) is 3.03. The molecule has 2 heterocycles. The van der Waals surface area contributed by atoms with Gasteiger partial charge in [-0.05, 0) is 44.2 Å². The molecule has 1 aromatic rings. The van der Waals surface area contributed by atoms with Crippen LogP contribution in [-0.2, 0) is 4.79 Å². The summed E-state index contributed by atoms with van der Waals surface area (Å²) in [4.78, 5) is 31.2. The molecular weight excluding hydrogens is 278 g/mol. The zero-order valence-corrected chi connectivity index (χ0v) is 12.8. The lowest BCUT2D eigenvalue weighted by atomic mass is 9.98. The Morgan fingerprint density at radius 1 is 1.23 bits per heavy atom. The van der Waals surface area contributed by atoms with E-state index in [-0.39, 0.29) is 23.8 Å². The van der Waals surface area contributed by atoms with E-state index in [1.54, 1.807) is 24.5 Å². The number of amides is 2. The van der Waals surface area contributed by atoms with Crippen LogP contribution in [0.1, 0.15) is 48.9 Å². The second-order valence-corrected chi connectivity index (χ2v) is 6.20. The molecule has 5 heteroatoms. The molecule has 1 N–H and O–H groups in total. The Morgan fingerprint density at radius 3 is 2.95 bits per heavy atom. The van der Waals surface area contributed by atoms with E-state index < -0.39 is 0 Å². The predicted octanol–water partition coefficient (Wildman–Crippen LogP) is 1.99. The van der Waals surface area contributed by atoms with E-state index in [0.717, 1.165) is 51.6 Å². The molecule has 1 aliphatic heterocycles. The smallest absolute Gasteiger partial charge is 0.255 e. The van der Waals surface area contributed by atoms with Crippen molar-refractivity contribution in [1.82, 2.24) is 15.2 Å². The van der Waals surface area contributed by atoms with E-state index in [2.05, 4.69) is 10.3 Å². The molecule has 1 saturated carbocycles. The predicted molar refractivity (Wildman–Crippen MR) is 83.3 cm³/mol. The van der Waals surface area contributed by atoms with Crippen LogP contribution < -0.4 is 5.32 Å². The molecule has 1 aromatic heterocycles. The average molecular weight is 301 g/mol. The summed E-state index contributed by atoms with van der Waals surface area (Å²) in [5, 5.41) is 3.03. The third-order valence-corrected chi connectivity index (χ3v) is 4.76. The Labute approximate surface area is 131 Å². The van der Waals surface area contributed by atoms with E-state index >= 15 is 0 Å². The van der Waals surface area contributed by atoms with Crippen molar-refractivity contribution in [2.75, 3.05) is 13.1 Å². The Hall–Kier alpha value is -1.91. The van der Waals surface area contributed by atoms with Crippen LogP contribution in [0.2, 0.25) is 0 Å². The fourth-order valence-corrected chi connectivity index (χ4v) is 3.62. The number of nitrogens with zero attached hydrogens (tertiary/aromatic N) is 2. The first kappa shape index (κ1) is 15.0. The van der Waals surface area contributed by atoms with E-state index in [9.17, 15) is 9.59 Å². The Kier molecular flexibility index (Phi) is 4.71. The minimum atomic E-state index is -0.0567. The highest BCUT2D eigenvalue weighted by Crippen LogP contribution is 2.32. The minimum absolute atomic E-state index is 0.0124. The van der Waals surface area contributed by atoms with Crippen LogP contribution in [-0.4, -0.2) is 40.8 Å². The molecule has 22 heavy (non-hydrogen) atoms. The topological polar surface area (TPSA) is 62.3 Å². The Morgan fingerprint density at radius 2 is 2.14 bits per heavy atom. The van der Waals surface area contributed by atoms with Gasteiger partial charge in [-0.1, -0.05) is 6.42 Å². The number of hydrogen-bond donors (Lipinski definition) is 1. The fraction of sp³-hybridized carbons (Fsp3) is 0.588. The van der Waals surface area contributed by atoms with Crippen molar-refractivity contribution in [1.29, 1.82) is 0 Å². The van der Waals surface area contributed by atoms with Gasteiger partial charge in [-0.25, -0.2) is 0 Å². The quantitative estimate of drug-likeness (QED) is 0.863. The van der Waals surface area contributed by atoms with Crippen LogP contribution in [0.3, 0.4) is 0 Å². The summed E-state index contributed by atoms with van der Waals surface area (Å²) in [6.07, 6.45) is 9.12. The van der Waals surface area contributed by atoms with Gasteiger partial charge < -0.3 is 10.2 Å². The first-order valence-corrected chi connectivity index (χ1v) is 8.26. The van der Waals surface area contributed by atoms with E-state index in [4.69, 9.17) is 0 Å². The minimum Gasteiger partial charge on any atom is -0.356 e. The number of fused-ring (bicyclic) bond motifs is 1. The molecule has 2 amide bonds. The van der Waals surface area contributed by atoms with Gasteiger partial charge >= 0.3 is 0 Å². The summed E-state index contributed by atoms with van der Waals surface area (Å²) in [6, 6.07) is 3.62. The van der Waals surface area contributed by atoms with Gasteiger partial charge in [0.2, 0.25) is 5.91 Å². The van der Waals surface area contributed by atoms with Crippen molar-refractivity contribution in [3.8, 4) is 0 Å². The molecule has 118 valence electrons. The van der Waals surface area contributed by atoms with E-state index in [0.29, 0.717) is 5.56 Å². The molecule has 0 spiro atoms. The molecule has 2 fully saturated rings. The van der Waals surface area contributed by atoms with Crippen molar-refractivity contribution in [2.45, 2.75) is 44.6 Å². The maximum absolute atomic E-state index is 12.9. The highest BCUT2D eigenvalue weighted by Gasteiger charge is 2.39. The molecule has 3 rings (SSSR count). The number of nitrogens with one attached hydrogen (secondary N) is 1. The van der Waals surface area contributed by atoms with Crippen LogP contribution in [0.4, 0.5) is 0 Å². The van der Waals surface area contributed by atoms with E-state index in [1.165, 1.54) is 0 Å². The molecule has 0 radical (unpaired) electrons. The first-order chi connectivity index (χ1) is 10.8. The Bertz CT molecular complexity index is 532. The lowest BCUT2D eigenvalue weighted by molar-refractivity contribution is -0.126. The van der Waals surface area contributed by atoms with Crippen LogP contribution in [0, 0.1) is 5.92 Å². The second kappa shape index (κ2) is 6.90. The van der Waals surface area contributed by atoms with Gasteiger partial charge in [-0.2, -0.15) is 0 Å². The number of carbonyl (C=O) groups is 2. The molecule has 5 nitrogen and oxygen atoms in total. The van der Waals surface area contributed by atoms with Crippen molar-refractivity contribution in [3.63, 3.8) is 0 Å². The van der Waals surface area contributed by atoms with Gasteiger partial charge in [-0.3, -0.25) is 14.6 Å². The highest BCUT2D eigenvalue weighted by atomic mass is 16.2. The van der Waals surface area contributed by atoms with Crippen LogP contribution in [0.5, 0.6) is 0 Å². The second-order valence-electron chi connectivity index (χ2n) is 6.20.